The predicted molar refractivity (Wildman–Crippen MR) is 60.7 cm³/mol. The van der Waals surface area contributed by atoms with E-state index in [4.69, 9.17) is 0 Å². The van der Waals surface area contributed by atoms with Gasteiger partial charge >= 0.3 is 6.18 Å². The zero-order chi connectivity index (χ0) is 13.3. The van der Waals surface area contributed by atoms with E-state index in [0.717, 1.165) is 17.7 Å². The number of hydrogen-bond donors (Lipinski definition) is 1. The number of hydrogen-bond acceptors (Lipinski definition) is 3. The number of nitrogens with zero attached hydrogens (tertiary/aromatic N) is 1. The van der Waals surface area contributed by atoms with Gasteiger partial charge in [-0.25, -0.2) is 8.42 Å². The van der Waals surface area contributed by atoms with Gasteiger partial charge in [-0.1, -0.05) is 6.07 Å². The Hall–Kier alpha value is -1.08. The van der Waals surface area contributed by atoms with Crippen LogP contribution >= 0.6 is 0 Å². The highest BCUT2D eigenvalue weighted by atomic mass is 32.2. The summed E-state index contributed by atoms with van der Waals surface area (Å²) in [6.45, 7) is 0.856. The monoisotopic (exact) mass is 279 g/mol. The molecule has 1 aromatic rings. The lowest BCUT2D eigenvalue weighted by Crippen LogP contribution is -2.32. The molecule has 0 N–H and O–H groups in total. The van der Waals surface area contributed by atoms with E-state index in [9.17, 15) is 21.6 Å². The maximum atomic E-state index is 12.5. The minimum atomic E-state index is -4.33. The van der Waals surface area contributed by atoms with E-state index in [1.807, 2.05) is 0 Å². The molecule has 7 heteroatoms. The van der Waals surface area contributed by atoms with Crippen molar-refractivity contribution >= 4 is 10.7 Å². The molecule has 0 unspecified atom stereocenters. The fourth-order valence-electron chi connectivity index (χ4n) is 2.07. The van der Waals surface area contributed by atoms with Crippen LogP contribution in [0.5, 0.6) is 0 Å². The number of alkyl halides is 3. The molecule has 0 amide bonds. The van der Waals surface area contributed by atoms with Gasteiger partial charge in [0, 0.05) is 13.1 Å². The first-order valence-corrected chi connectivity index (χ1v) is 6.75. The Balaban J connectivity index is 2.21. The highest BCUT2D eigenvalue weighted by molar-refractivity contribution is 7.72. The van der Waals surface area contributed by atoms with Crippen molar-refractivity contribution in [2.45, 2.75) is 19.1 Å². The van der Waals surface area contributed by atoms with Crippen molar-refractivity contribution in [2.75, 3.05) is 12.4 Å². The summed E-state index contributed by atoms with van der Waals surface area (Å²) in [5.41, 5.74) is 0.776. The van der Waals surface area contributed by atoms with E-state index in [-0.39, 0.29) is 5.88 Å². The summed E-state index contributed by atoms with van der Waals surface area (Å²) < 4.78 is 58.8. The Morgan fingerprint density at radius 2 is 1.94 bits per heavy atom. The summed E-state index contributed by atoms with van der Waals surface area (Å²) in [5, 5.41) is 0. The second-order valence-corrected chi connectivity index (χ2v) is 5.21. The van der Waals surface area contributed by atoms with Crippen molar-refractivity contribution in [3.8, 4) is 0 Å². The average Bonchev–Trinajstić information content (AvgIpc) is 2.26. The Labute approximate surface area is 104 Å². The molecule has 0 saturated heterocycles. The maximum absolute atomic E-state index is 12.5. The summed E-state index contributed by atoms with van der Waals surface area (Å²) in [6, 6.07) is 3.63. The summed E-state index contributed by atoms with van der Waals surface area (Å²) in [7, 11) is -2.49. The SMILES string of the molecule is O=[SH](=O)CN1CCc2cc(C(F)(F)F)ccc2C1. The standard InChI is InChI=1S/C11H12F3NO2S/c12-11(13,14)10-2-1-9-6-15(7-18(16)17)4-3-8(9)5-10/h1-2,5,18H,3-4,6-7H2. The first kappa shape index (κ1) is 13.4. The van der Waals surface area contributed by atoms with Crippen LogP contribution in [0.1, 0.15) is 16.7 Å². The van der Waals surface area contributed by atoms with Crippen LogP contribution in [0.4, 0.5) is 13.2 Å². The van der Waals surface area contributed by atoms with Crippen LogP contribution in [-0.4, -0.2) is 25.7 Å². The molecule has 0 aliphatic carbocycles. The van der Waals surface area contributed by atoms with Crippen LogP contribution in [0.3, 0.4) is 0 Å². The number of halogens is 3. The van der Waals surface area contributed by atoms with Gasteiger partial charge in [0.05, 0.1) is 11.4 Å². The molecule has 100 valence electrons. The first-order valence-electron chi connectivity index (χ1n) is 5.39. The number of rotatable bonds is 2. The van der Waals surface area contributed by atoms with Gasteiger partial charge in [-0.05, 0) is 29.7 Å². The summed E-state index contributed by atoms with van der Waals surface area (Å²) in [4.78, 5) is 1.71. The number of thiol groups is 1. The van der Waals surface area contributed by atoms with Crippen LogP contribution in [0.25, 0.3) is 0 Å². The number of benzene rings is 1. The molecule has 1 aromatic carbocycles. The molecular weight excluding hydrogens is 267 g/mol. The van der Waals surface area contributed by atoms with Crippen LogP contribution in [0, 0.1) is 0 Å². The fraction of sp³-hybridized carbons (Fsp3) is 0.455. The van der Waals surface area contributed by atoms with Crippen molar-refractivity contribution in [3.05, 3.63) is 34.9 Å². The van der Waals surface area contributed by atoms with E-state index in [1.54, 1.807) is 4.90 Å². The Morgan fingerprint density at radius 1 is 1.22 bits per heavy atom. The minimum Gasteiger partial charge on any atom is -0.285 e. The topological polar surface area (TPSA) is 37.4 Å². The van der Waals surface area contributed by atoms with Gasteiger partial charge < -0.3 is 0 Å². The Morgan fingerprint density at radius 3 is 2.56 bits per heavy atom. The van der Waals surface area contributed by atoms with E-state index in [2.05, 4.69) is 0 Å². The first-order chi connectivity index (χ1) is 8.36. The zero-order valence-electron chi connectivity index (χ0n) is 9.41. The Bertz CT molecular complexity index is 518. The molecule has 3 nitrogen and oxygen atoms in total. The predicted octanol–water partition coefficient (Wildman–Crippen LogP) is 1.63. The van der Waals surface area contributed by atoms with Gasteiger partial charge in [0.2, 0.25) is 0 Å². The maximum Gasteiger partial charge on any atom is 0.416 e. The van der Waals surface area contributed by atoms with Gasteiger partial charge in [-0.15, -0.1) is 0 Å². The summed E-state index contributed by atoms with van der Waals surface area (Å²) >= 11 is 0. The molecule has 0 saturated carbocycles. The quantitative estimate of drug-likeness (QED) is 0.836. The van der Waals surface area contributed by atoms with Crippen molar-refractivity contribution in [1.82, 2.24) is 4.90 Å². The molecule has 0 bridgehead atoms. The normalized spacial score (nSPS) is 16.9. The van der Waals surface area contributed by atoms with Crippen molar-refractivity contribution in [1.29, 1.82) is 0 Å². The lowest BCUT2D eigenvalue weighted by molar-refractivity contribution is -0.137. The third kappa shape index (κ3) is 3.02. The van der Waals surface area contributed by atoms with Gasteiger partial charge in [0.25, 0.3) is 0 Å². The fourth-order valence-corrected chi connectivity index (χ4v) is 2.64. The van der Waals surface area contributed by atoms with E-state index in [1.165, 1.54) is 6.07 Å². The third-order valence-corrected chi connectivity index (χ3v) is 3.57. The van der Waals surface area contributed by atoms with Crippen molar-refractivity contribution in [2.24, 2.45) is 0 Å². The Kier molecular flexibility index (Phi) is 3.63. The van der Waals surface area contributed by atoms with Crippen LogP contribution in [0.2, 0.25) is 0 Å². The highest BCUT2D eigenvalue weighted by Gasteiger charge is 2.31. The van der Waals surface area contributed by atoms with Crippen molar-refractivity contribution in [3.63, 3.8) is 0 Å². The third-order valence-electron chi connectivity index (χ3n) is 2.94. The molecule has 1 aliphatic rings. The van der Waals surface area contributed by atoms with Gasteiger partial charge in [-0.2, -0.15) is 13.2 Å². The lowest BCUT2D eigenvalue weighted by atomic mass is 9.97. The van der Waals surface area contributed by atoms with Crippen molar-refractivity contribution < 1.29 is 21.6 Å². The van der Waals surface area contributed by atoms with Crippen LogP contribution in [-0.2, 0) is 29.8 Å². The van der Waals surface area contributed by atoms with Gasteiger partial charge in [-0.3, -0.25) is 4.90 Å². The smallest absolute Gasteiger partial charge is 0.285 e. The second kappa shape index (κ2) is 4.89. The molecule has 0 radical (unpaired) electrons. The molecule has 0 aromatic heterocycles. The molecule has 1 heterocycles. The zero-order valence-corrected chi connectivity index (χ0v) is 10.3. The summed E-state index contributed by atoms with van der Waals surface area (Å²) in [6.07, 6.45) is -3.88. The molecule has 18 heavy (non-hydrogen) atoms. The molecule has 2 rings (SSSR count). The van der Waals surface area contributed by atoms with E-state index < -0.39 is 22.4 Å². The van der Waals surface area contributed by atoms with E-state index >= 15 is 0 Å². The molecule has 1 aliphatic heterocycles. The van der Waals surface area contributed by atoms with Crippen LogP contribution < -0.4 is 0 Å². The molecule has 0 atom stereocenters. The van der Waals surface area contributed by atoms with Crippen LogP contribution in [0.15, 0.2) is 18.2 Å². The van der Waals surface area contributed by atoms with Gasteiger partial charge in [0.1, 0.15) is 0 Å². The largest absolute Gasteiger partial charge is 0.416 e. The van der Waals surface area contributed by atoms with E-state index in [0.29, 0.717) is 25.1 Å². The lowest BCUT2D eigenvalue weighted by Gasteiger charge is -2.27. The molecule has 0 fully saturated rings. The molecule has 0 spiro atoms. The molecular formula is C11H12F3NO2S. The number of fused-ring (bicyclic) bond motifs is 1. The van der Waals surface area contributed by atoms with Gasteiger partial charge in [0.15, 0.2) is 10.7 Å². The second-order valence-electron chi connectivity index (χ2n) is 4.26. The highest BCUT2D eigenvalue weighted by Crippen LogP contribution is 2.31. The minimum absolute atomic E-state index is 0.0458. The average molecular weight is 279 g/mol. The summed E-state index contributed by atoms with van der Waals surface area (Å²) in [5.74, 6) is -0.0458.